The van der Waals surface area contributed by atoms with Gasteiger partial charge in [0.25, 0.3) is 0 Å². The lowest BCUT2D eigenvalue weighted by atomic mass is 10.3. The predicted molar refractivity (Wildman–Crippen MR) is 83.1 cm³/mol. The van der Waals surface area contributed by atoms with Crippen LogP contribution >= 0.6 is 0 Å². The van der Waals surface area contributed by atoms with Crippen LogP contribution in [0.25, 0.3) is 5.65 Å². The van der Waals surface area contributed by atoms with Gasteiger partial charge in [-0.2, -0.15) is 0 Å². The van der Waals surface area contributed by atoms with Crippen LogP contribution in [0.15, 0.2) is 12.4 Å². The second kappa shape index (κ2) is 4.74. The van der Waals surface area contributed by atoms with Crippen molar-refractivity contribution in [1.82, 2.24) is 34.3 Å². The van der Waals surface area contributed by atoms with Gasteiger partial charge in [0.2, 0.25) is 5.65 Å². The normalized spacial score (nSPS) is 18.3. The van der Waals surface area contributed by atoms with E-state index in [1.807, 2.05) is 10.6 Å². The molecule has 1 atom stereocenters. The Morgan fingerprint density at radius 3 is 3.00 bits per heavy atom. The average molecular weight is 310 g/mol. The molecular formula is C15H18N8. The Morgan fingerprint density at radius 1 is 1.22 bits per heavy atom. The van der Waals surface area contributed by atoms with Crippen LogP contribution in [0.5, 0.6) is 0 Å². The van der Waals surface area contributed by atoms with Crippen LogP contribution in [-0.4, -0.2) is 34.3 Å². The standard InChI is InChI=1S/C15H18N8/c1-9(13-19-18-11-3-2-7-22(11)13)17-12-15-21-20-14(10-4-5-10)23(15)8-6-16-12/h6,8-10H,2-5,7H2,1H3,(H,16,17). The van der Waals surface area contributed by atoms with Crippen molar-refractivity contribution >= 4 is 11.5 Å². The van der Waals surface area contributed by atoms with E-state index in [4.69, 9.17) is 0 Å². The summed E-state index contributed by atoms with van der Waals surface area (Å²) in [5.41, 5.74) is 0.780. The maximum atomic E-state index is 4.45. The predicted octanol–water partition coefficient (Wildman–Crippen LogP) is 1.71. The second-order valence-electron chi connectivity index (χ2n) is 6.40. The van der Waals surface area contributed by atoms with Crippen LogP contribution in [0.2, 0.25) is 0 Å². The molecule has 0 aromatic carbocycles. The van der Waals surface area contributed by atoms with E-state index in [1.165, 1.54) is 12.8 Å². The number of aryl methyl sites for hydroxylation is 1. The number of hydrogen-bond donors (Lipinski definition) is 1. The molecule has 5 rings (SSSR count). The van der Waals surface area contributed by atoms with Gasteiger partial charge in [0.05, 0.1) is 6.04 Å². The van der Waals surface area contributed by atoms with Gasteiger partial charge < -0.3 is 9.88 Å². The van der Waals surface area contributed by atoms with Gasteiger partial charge in [-0.25, -0.2) is 4.98 Å². The topological polar surface area (TPSA) is 85.8 Å². The van der Waals surface area contributed by atoms with Gasteiger partial charge in [-0.1, -0.05) is 0 Å². The van der Waals surface area contributed by atoms with E-state index in [1.54, 1.807) is 6.20 Å². The van der Waals surface area contributed by atoms with Crippen molar-refractivity contribution in [3.8, 4) is 0 Å². The largest absolute Gasteiger partial charge is 0.357 e. The Labute approximate surface area is 133 Å². The van der Waals surface area contributed by atoms with Crippen molar-refractivity contribution in [3.63, 3.8) is 0 Å². The first-order valence-electron chi connectivity index (χ1n) is 8.19. The van der Waals surface area contributed by atoms with Gasteiger partial charge in [0, 0.05) is 31.3 Å². The number of aromatic nitrogens is 7. The van der Waals surface area contributed by atoms with Gasteiger partial charge in [0.15, 0.2) is 11.6 Å². The SMILES string of the molecule is CC(Nc1nccn2c(C3CC3)nnc12)c1nnc2n1CCC2. The van der Waals surface area contributed by atoms with Crippen molar-refractivity contribution in [2.45, 2.75) is 51.1 Å². The van der Waals surface area contributed by atoms with E-state index in [0.29, 0.717) is 5.92 Å². The Morgan fingerprint density at radius 2 is 2.13 bits per heavy atom. The zero-order chi connectivity index (χ0) is 15.4. The molecule has 8 heteroatoms. The molecule has 1 fully saturated rings. The number of hydrogen-bond acceptors (Lipinski definition) is 6. The molecule has 1 aliphatic heterocycles. The first-order chi connectivity index (χ1) is 11.3. The molecular weight excluding hydrogens is 292 g/mol. The summed E-state index contributed by atoms with van der Waals surface area (Å²) in [6.45, 7) is 3.08. The third-order valence-corrected chi connectivity index (χ3v) is 4.67. The molecule has 1 saturated carbocycles. The summed E-state index contributed by atoms with van der Waals surface area (Å²) >= 11 is 0. The smallest absolute Gasteiger partial charge is 0.203 e. The maximum Gasteiger partial charge on any atom is 0.203 e. The van der Waals surface area contributed by atoms with Crippen LogP contribution in [0, 0.1) is 0 Å². The summed E-state index contributed by atoms with van der Waals surface area (Å²) in [5, 5.41) is 20.7. The minimum absolute atomic E-state index is 0.0223. The maximum absolute atomic E-state index is 4.45. The first-order valence-corrected chi connectivity index (χ1v) is 8.19. The summed E-state index contributed by atoms with van der Waals surface area (Å²) in [4.78, 5) is 4.45. The van der Waals surface area contributed by atoms with Crippen LogP contribution in [-0.2, 0) is 13.0 Å². The van der Waals surface area contributed by atoms with Crippen LogP contribution < -0.4 is 5.32 Å². The number of nitrogens with one attached hydrogen (secondary N) is 1. The summed E-state index contributed by atoms with van der Waals surface area (Å²) in [6, 6.07) is 0.0223. The fraction of sp³-hybridized carbons (Fsp3) is 0.533. The molecule has 8 nitrogen and oxygen atoms in total. The molecule has 4 heterocycles. The molecule has 1 aliphatic carbocycles. The zero-order valence-corrected chi connectivity index (χ0v) is 13.0. The second-order valence-corrected chi connectivity index (χ2v) is 6.40. The molecule has 3 aromatic heterocycles. The zero-order valence-electron chi connectivity index (χ0n) is 13.0. The first kappa shape index (κ1) is 13.0. The summed E-state index contributed by atoms with van der Waals surface area (Å²) in [7, 11) is 0. The molecule has 0 bridgehead atoms. The van der Waals surface area contributed by atoms with Crippen molar-refractivity contribution in [2.24, 2.45) is 0 Å². The van der Waals surface area contributed by atoms with E-state index in [2.05, 4.69) is 42.2 Å². The van der Waals surface area contributed by atoms with Crippen LogP contribution in [0.1, 0.15) is 55.6 Å². The van der Waals surface area contributed by atoms with Crippen molar-refractivity contribution in [2.75, 3.05) is 5.32 Å². The van der Waals surface area contributed by atoms with Crippen LogP contribution in [0.3, 0.4) is 0 Å². The molecule has 1 N–H and O–H groups in total. The van der Waals surface area contributed by atoms with Gasteiger partial charge in [-0.3, -0.25) is 4.40 Å². The molecule has 23 heavy (non-hydrogen) atoms. The molecule has 0 radical (unpaired) electrons. The van der Waals surface area contributed by atoms with E-state index in [9.17, 15) is 0 Å². The molecule has 0 spiro atoms. The van der Waals surface area contributed by atoms with E-state index >= 15 is 0 Å². The quantitative estimate of drug-likeness (QED) is 0.789. The summed E-state index contributed by atoms with van der Waals surface area (Å²) < 4.78 is 4.26. The van der Waals surface area contributed by atoms with Crippen molar-refractivity contribution in [1.29, 1.82) is 0 Å². The Balaban J connectivity index is 1.48. The highest BCUT2D eigenvalue weighted by Gasteiger charge is 2.29. The van der Waals surface area contributed by atoms with Gasteiger partial charge in [-0.15, -0.1) is 20.4 Å². The number of rotatable bonds is 4. The highest BCUT2D eigenvalue weighted by Crippen LogP contribution is 2.39. The third kappa shape index (κ3) is 2.01. The minimum Gasteiger partial charge on any atom is -0.357 e. The number of nitrogens with zero attached hydrogens (tertiary/aromatic N) is 7. The fourth-order valence-electron chi connectivity index (χ4n) is 3.33. The van der Waals surface area contributed by atoms with E-state index in [-0.39, 0.29) is 6.04 Å². The van der Waals surface area contributed by atoms with Crippen LogP contribution in [0.4, 0.5) is 5.82 Å². The Kier molecular flexibility index (Phi) is 2.67. The molecule has 2 aliphatic rings. The monoisotopic (exact) mass is 310 g/mol. The molecule has 0 saturated heterocycles. The van der Waals surface area contributed by atoms with Crippen molar-refractivity contribution < 1.29 is 0 Å². The minimum atomic E-state index is 0.0223. The van der Waals surface area contributed by atoms with Gasteiger partial charge in [0.1, 0.15) is 11.6 Å². The highest BCUT2D eigenvalue weighted by molar-refractivity contribution is 5.62. The summed E-state index contributed by atoms with van der Waals surface area (Å²) in [5.74, 6) is 4.38. The lowest BCUT2D eigenvalue weighted by Gasteiger charge is -2.14. The lowest BCUT2D eigenvalue weighted by Crippen LogP contribution is -2.14. The number of fused-ring (bicyclic) bond motifs is 2. The highest BCUT2D eigenvalue weighted by atomic mass is 15.3. The average Bonchev–Trinajstić information content (AvgIpc) is 2.98. The summed E-state index contributed by atoms with van der Waals surface area (Å²) in [6.07, 6.45) is 8.30. The fourth-order valence-corrected chi connectivity index (χ4v) is 3.33. The Hall–Kier alpha value is -2.51. The molecule has 1 unspecified atom stereocenters. The third-order valence-electron chi connectivity index (χ3n) is 4.67. The van der Waals surface area contributed by atoms with Gasteiger partial charge in [-0.05, 0) is 26.2 Å². The number of anilines is 1. The van der Waals surface area contributed by atoms with Crippen molar-refractivity contribution in [3.05, 3.63) is 29.9 Å². The molecule has 0 amide bonds. The lowest BCUT2D eigenvalue weighted by molar-refractivity contribution is 0.651. The molecule has 118 valence electrons. The molecule has 3 aromatic rings. The van der Waals surface area contributed by atoms with E-state index in [0.717, 1.165) is 48.3 Å². The Bertz CT molecular complexity index is 875. The van der Waals surface area contributed by atoms with Gasteiger partial charge >= 0.3 is 0 Å². The van der Waals surface area contributed by atoms with E-state index < -0.39 is 0 Å².